The lowest BCUT2D eigenvalue weighted by atomic mass is 9.66. The second-order valence-corrected chi connectivity index (χ2v) is 11.0. The van der Waals surface area contributed by atoms with Crippen molar-refractivity contribution in [2.24, 2.45) is 0 Å². The minimum atomic E-state index is 0.0155. The number of rotatable bonds is 18. The van der Waals surface area contributed by atoms with Crippen molar-refractivity contribution in [1.29, 1.82) is 0 Å². The number of aromatic nitrogens is 2. The standard InChI is InChI=1S/C34H50N2/c1-4-6-8-10-11-12-20-27-36-28-26-35-33(36)32(25-19-9-7-5-2)34(3,31-23-17-14-18-24-31)29-30-21-15-13-16-22-30/h13-18,21-24,26,28,32H,4-12,19-20,25,27,29H2,1-3H3/p+1. The number of nitrogens with zero attached hydrogens (tertiary/aromatic N) is 1. The Morgan fingerprint density at radius 1 is 0.722 bits per heavy atom. The molecule has 0 radical (unpaired) electrons. The number of aryl methyl sites for hydroxylation is 1. The minimum absolute atomic E-state index is 0.0155. The van der Waals surface area contributed by atoms with Gasteiger partial charge in [0, 0.05) is 5.41 Å². The van der Waals surface area contributed by atoms with Gasteiger partial charge in [0.1, 0.15) is 12.4 Å². The lowest BCUT2D eigenvalue weighted by molar-refractivity contribution is -0.705. The third-order valence-corrected chi connectivity index (χ3v) is 8.09. The Bertz CT molecular complexity index is 946. The van der Waals surface area contributed by atoms with Crippen LogP contribution >= 0.6 is 0 Å². The third-order valence-electron chi connectivity index (χ3n) is 8.09. The first-order valence-corrected chi connectivity index (χ1v) is 14.8. The van der Waals surface area contributed by atoms with Gasteiger partial charge < -0.3 is 0 Å². The van der Waals surface area contributed by atoms with Crippen molar-refractivity contribution in [1.82, 2.24) is 4.98 Å². The molecular weight excluding hydrogens is 436 g/mol. The number of hydrogen-bond donors (Lipinski definition) is 1. The van der Waals surface area contributed by atoms with E-state index in [9.17, 15) is 0 Å². The normalized spacial score (nSPS) is 14.0. The van der Waals surface area contributed by atoms with Crippen LogP contribution in [-0.4, -0.2) is 4.98 Å². The fourth-order valence-corrected chi connectivity index (χ4v) is 5.91. The SMILES string of the molecule is CCCCCCCCC[n+]1cc[nH]c1C(CCCCCC)C(C)(Cc1ccccc1)c1ccccc1. The van der Waals surface area contributed by atoms with Gasteiger partial charge in [-0.2, -0.15) is 0 Å². The highest BCUT2D eigenvalue weighted by Crippen LogP contribution is 2.43. The second-order valence-electron chi connectivity index (χ2n) is 11.0. The summed E-state index contributed by atoms with van der Waals surface area (Å²) in [5.41, 5.74) is 2.89. The molecule has 2 atom stereocenters. The van der Waals surface area contributed by atoms with Crippen LogP contribution in [0.4, 0.5) is 0 Å². The maximum Gasteiger partial charge on any atom is 0.258 e. The molecule has 2 heteroatoms. The van der Waals surface area contributed by atoms with Crippen LogP contribution in [0.1, 0.15) is 121 Å². The molecule has 3 rings (SSSR count). The van der Waals surface area contributed by atoms with E-state index in [0.717, 1.165) is 13.0 Å². The van der Waals surface area contributed by atoms with Gasteiger partial charge in [-0.3, -0.25) is 0 Å². The first kappa shape index (κ1) is 28.2. The summed E-state index contributed by atoms with van der Waals surface area (Å²) in [7, 11) is 0. The fourth-order valence-electron chi connectivity index (χ4n) is 5.91. The Morgan fingerprint density at radius 2 is 1.31 bits per heavy atom. The van der Waals surface area contributed by atoms with Gasteiger partial charge in [-0.1, -0.05) is 139 Å². The summed E-state index contributed by atoms with van der Waals surface area (Å²) in [6, 6.07) is 22.4. The number of aromatic amines is 1. The van der Waals surface area contributed by atoms with Gasteiger partial charge in [0.05, 0.1) is 12.5 Å². The smallest absolute Gasteiger partial charge is 0.247 e. The molecular formula is C34H51N2+. The molecule has 3 aromatic rings. The molecule has 0 amide bonds. The Labute approximate surface area is 221 Å². The van der Waals surface area contributed by atoms with E-state index in [-0.39, 0.29) is 5.41 Å². The zero-order chi connectivity index (χ0) is 25.5. The van der Waals surface area contributed by atoms with E-state index in [4.69, 9.17) is 0 Å². The number of imidazole rings is 1. The van der Waals surface area contributed by atoms with Crippen LogP contribution in [0.3, 0.4) is 0 Å². The molecule has 0 fully saturated rings. The van der Waals surface area contributed by atoms with Crippen LogP contribution in [0, 0.1) is 0 Å². The summed E-state index contributed by atoms with van der Waals surface area (Å²) in [5.74, 6) is 1.86. The van der Waals surface area contributed by atoms with E-state index < -0.39 is 0 Å². The molecule has 1 N–H and O–H groups in total. The Kier molecular flexibility index (Phi) is 12.3. The molecule has 36 heavy (non-hydrogen) atoms. The largest absolute Gasteiger partial charge is 0.258 e. The van der Waals surface area contributed by atoms with E-state index in [1.807, 2.05) is 0 Å². The van der Waals surface area contributed by atoms with Crippen molar-refractivity contribution in [3.05, 3.63) is 90.0 Å². The van der Waals surface area contributed by atoms with Gasteiger partial charge in [-0.15, -0.1) is 0 Å². The first-order valence-electron chi connectivity index (χ1n) is 14.8. The molecule has 0 saturated heterocycles. The van der Waals surface area contributed by atoms with Crippen molar-refractivity contribution in [2.75, 3.05) is 0 Å². The molecule has 0 aliphatic heterocycles. The third kappa shape index (κ3) is 8.36. The minimum Gasteiger partial charge on any atom is -0.247 e. The monoisotopic (exact) mass is 487 g/mol. The molecule has 0 saturated carbocycles. The summed E-state index contributed by atoms with van der Waals surface area (Å²) in [6.07, 6.45) is 21.4. The maximum absolute atomic E-state index is 3.74. The Hall–Kier alpha value is -2.35. The van der Waals surface area contributed by atoms with Gasteiger partial charge in [-0.25, -0.2) is 9.55 Å². The molecule has 2 unspecified atom stereocenters. The van der Waals surface area contributed by atoms with E-state index in [1.165, 1.54) is 94.0 Å². The van der Waals surface area contributed by atoms with Crippen LogP contribution in [0.5, 0.6) is 0 Å². The van der Waals surface area contributed by atoms with Crippen LogP contribution in [0.2, 0.25) is 0 Å². The summed E-state index contributed by atoms with van der Waals surface area (Å²) in [4.78, 5) is 3.74. The summed E-state index contributed by atoms with van der Waals surface area (Å²) in [6.45, 7) is 8.24. The predicted octanol–water partition coefficient (Wildman–Crippen LogP) is 9.31. The highest BCUT2D eigenvalue weighted by molar-refractivity contribution is 5.32. The van der Waals surface area contributed by atoms with Crippen molar-refractivity contribution >= 4 is 0 Å². The van der Waals surface area contributed by atoms with Gasteiger partial charge in [-0.05, 0) is 36.8 Å². The molecule has 196 valence electrons. The quantitative estimate of drug-likeness (QED) is 0.136. The lowest BCUT2D eigenvalue weighted by Gasteiger charge is -2.37. The zero-order valence-electron chi connectivity index (χ0n) is 23.4. The van der Waals surface area contributed by atoms with Gasteiger partial charge >= 0.3 is 0 Å². The summed E-state index contributed by atoms with van der Waals surface area (Å²) < 4.78 is 2.54. The fraction of sp³-hybridized carbons (Fsp3) is 0.559. The van der Waals surface area contributed by atoms with Crippen molar-refractivity contribution in [3.8, 4) is 0 Å². The highest BCUT2D eigenvalue weighted by Gasteiger charge is 2.41. The van der Waals surface area contributed by atoms with Crippen LogP contribution in [0.25, 0.3) is 0 Å². The molecule has 2 nitrogen and oxygen atoms in total. The Balaban J connectivity index is 1.85. The average molecular weight is 488 g/mol. The van der Waals surface area contributed by atoms with E-state index in [2.05, 4.69) is 103 Å². The Morgan fingerprint density at radius 3 is 1.97 bits per heavy atom. The van der Waals surface area contributed by atoms with E-state index >= 15 is 0 Å². The van der Waals surface area contributed by atoms with Gasteiger partial charge in [0.25, 0.3) is 5.82 Å². The van der Waals surface area contributed by atoms with Crippen molar-refractivity contribution in [3.63, 3.8) is 0 Å². The molecule has 0 spiro atoms. The molecule has 2 aromatic carbocycles. The molecule has 1 aromatic heterocycles. The van der Waals surface area contributed by atoms with E-state index in [0.29, 0.717) is 5.92 Å². The van der Waals surface area contributed by atoms with E-state index in [1.54, 1.807) is 0 Å². The first-order chi connectivity index (χ1) is 17.7. The zero-order valence-corrected chi connectivity index (χ0v) is 23.4. The van der Waals surface area contributed by atoms with Crippen LogP contribution in [0.15, 0.2) is 73.1 Å². The maximum atomic E-state index is 3.74. The molecule has 0 aliphatic carbocycles. The van der Waals surface area contributed by atoms with Crippen LogP contribution in [-0.2, 0) is 18.4 Å². The number of unbranched alkanes of at least 4 members (excludes halogenated alkanes) is 9. The molecule has 1 heterocycles. The number of hydrogen-bond acceptors (Lipinski definition) is 0. The lowest BCUT2D eigenvalue weighted by Crippen LogP contribution is -2.43. The molecule has 0 aliphatic rings. The van der Waals surface area contributed by atoms with Crippen molar-refractivity contribution in [2.45, 2.75) is 122 Å². The van der Waals surface area contributed by atoms with Gasteiger partial charge in [0.15, 0.2) is 0 Å². The summed E-state index contributed by atoms with van der Waals surface area (Å²) >= 11 is 0. The summed E-state index contributed by atoms with van der Waals surface area (Å²) in [5, 5.41) is 0. The topological polar surface area (TPSA) is 19.7 Å². The number of H-pyrrole nitrogens is 1. The second kappa shape index (κ2) is 15.7. The molecule has 0 bridgehead atoms. The number of benzene rings is 2. The van der Waals surface area contributed by atoms with Crippen molar-refractivity contribution < 1.29 is 4.57 Å². The predicted molar refractivity (Wildman–Crippen MR) is 154 cm³/mol. The highest BCUT2D eigenvalue weighted by atomic mass is 15.1. The van der Waals surface area contributed by atoms with Crippen LogP contribution < -0.4 is 4.57 Å². The van der Waals surface area contributed by atoms with Gasteiger partial charge in [0.2, 0.25) is 0 Å². The number of nitrogens with one attached hydrogen (secondary N) is 1. The average Bonchev–Trinajstić information content (AvgIpc) is 3.37.